The van der Waals surface area contributed by atoms with E-state index < -0.39 is 5.60 Å². The average molecular weight is 172 g/mol. The smallest absolute Gasteiger partial charge is 0.151 e. The van der Waals surface area contributed by atoms with Crippen molar-refractivity contribution >= 4 is 6.29 Å². The predicted molar refractivity (Wildman–Crippen MR) is 50.2 cm³/mol. The van der Waals surface area contributed by atoms with Crippen molar-refractivity contribution in [2.24, 2.45) is 5.92 Å². The number of ether oxygens (including phenoxy) is 1. The van der Waals surface area contributed by atoms with Gasteiger partial charge in [-0.3, -0.25) is 0 Å². The van der Waals surface area contributed by atoms with Crippen molar-refractivity contribution in [1.29, 1.82) is 0 Å². The summed E-state index contributed by atoms with van der Waals surface area (Å²) in [5.74, 6) is 0.706. The molecule has 0 aromatic carbocycles. The Morgan fingerprint density at radius 1 is 1.50 bits per heavy atom. The SMILES string of the molecule is COC(C)(C=O)CCCC(C)C. The lowest BCUT2D eigenvalue weighted by Gasteiger charge is -2.21. The lowest BCUT2D eigenvalue weighted by atomic mass is 9.97. The molecule has 0 saturated heterocycles. The zero-order chi connectivity index (χ0) is 9.61. The van der Waals surface area contributed by atoms with E-state index in [1.165, 1.54) is 0 Å². The Labute approximate surface area is 75.3 Å². The van der Waals surface area contributed by atoms with Crippen LogP contribution in [0.4, 0.5) is 0 Å². The first kappa shape index (κ1) is 11.6. The highest BCUT2D eigenvalue weighted by Crippen LogP contribution is 2.17. The molecule has 2 nitrogen and oxygen atoms in total. The van der Waals surface area contributed by atoms with Crippen LogP contribution < -0.4 is 0 Å². The topological polar surface area (TPSA) is 26.3 Å². The van der Waals surface area contributed by atoms with Crippen LogP contribution >= 0.6 is 0 Å². The molecule has 0 radical (unpaired) electrons. The molecule has 0 aliphatic carbocycles. The first-order valence-corrected chi connectivity index (χ1v) is 4.55. The number of rotatable bonds is 6. The molecule has 72 valence electrons. The van der Waals surface area contributed by atoms with Crippen LogP contribution in [0.5, 0.6) is 0 Å². The summed E-state index contributed by atoms with van der Waals surface area (Å²) in [6, 6.07) is 0. The minimum absolute atomic E-state index is 0.561. The highest BCUT2D eigenvalue weighted by Gasteiger charge is 2.21. The van der Waals surface area contributed by atoms with Gasteiger partial charge in [-0.2, -0.15) is 0 Å². The van der Waals surface area contributed by atoms with E-state index in [0.29, 0.717) is 5.92 Å². The van der Waals surface area contributed by atoms with E-state index in [1.54, 1.807) is 7.11 Å². The summed E-state index contributed by atoms with van der Waals surface area (Å²) in [4.78, 5) is 10.6. The molecule has 0 aromatic rings. The van der Waals surface area contributed by atoms with Crippen LogP contribution in [-0.2, 0) is 9.53 Å². The number of carbonyl (C=O) groups excluding carboxylic acids is 1. The summed E-state index contributed by atoms with van der Waals surface area (Å²) in [6.07, 6.45) is 3.94. The van der Waals surface area contributed by atoms with E-state index in [1.807, 2.05) is 6.92 Å². The van der Waals surface area contributed by atoms with Crippen LogP contribution in [-0.4, -0.2) is 19.0 Å². The van der Waals surface area contributed by atoms with Gasteiger partial charge in [-0.15, -0.1) is 0 Å². The van der Waals surface area contributed by atoms with Crippen LogP contribution in [0.2, 0.25) is 0 Å². The molecule has 0 saturated carbocycles. The van der Waals surface area contributed by atoms with Crippen LogP contribution in [0.25, 0.3) is 0 Å². The van der Waals surface area contributed by atoms with Crippen molar-refractivity contribution in [3.05, 3.63) is 0 Å². The van der Waals surface area contributed by atoms with Gasteiger partial charge in [0.25, 0.3) is 0 Å². The molecule has 0 spiro atoms. The Kier molecular flexibility index (Phi) is 5.14. The van der Waals surface area contributed by atoms with E-state index in [9.17, 15) is 4.79 Å². The van der Waals surface area contributed by atoms with Crippen LogP contribution in [0.1, 0.15) is 40.0 Å². The quantitative estimate of drug-likeness (QED) is 0.575. The summed E-state index contributed by atoms with van der Waals surface area (Å²) in [5, 5.41) is 0. The van der Waals surface area contributed by atoms with Crippen molar-refractivity contribution in [2.45, 2.75) is 45.6 Å². The number of hydrogen-bond acceptors (Lipinski definition) is 2. The molecule has 0 N–H and O–H groups in total. The van der Waals surface area contributed by atoms with Crippen molar-refractivity contribution in [3.8, 4) is 0 Å². The summed E-state index contributed by atoms with van der Waals surface area (Å²) in [6.45, 7) is 6.20. The van der Waals surface area contributed by atoms with E-state index in [4.69, 9.17) is 4.74 Å². The summed E-state index contributed by atoms with van der Waals surface area (Å²) in [5.41, 5.74) is -0.561. The Hall–Kier alpha value is -0.370. The number of carbonyl (C=O) groups is 1. The highest BCUT2D eigenvalue weighted by molar-refractivity contribution is 5.61. The molecule has 0 aromatic heterocycles. The molecule has 1 unspecified atom stereocenters. The lowest BCUT2D eigenvalue weighted by molar-refractivity contribution is -0.126. The molecule has 0 bridgehead atoms. The molecule has 1 atom stereocenters. The standard InChI is InChI=1S/C10H20O2/c1-9(2)6-5-7-10(3,8-11)12-4/h8-9H,5-7H2,1-4H3. The Morgan fingerprint density at radius 2 is 2.08 bits per heavy atom. The minimum atomic E-state index is -0.561. The first-order chi connectivity index (χ1) is 5.54. The van der Waals surface area contributed by atoms with Crippen LogP contribution in [0, 0.1) is 5.92 Å². The van der Waals surface area contributed by atoms with Crippen molar-refractivity contribution in [1.82, 2.24) is 0 Å². The molecule has 0 heterocycles. The lowest BCUT2D eigenvalue weighted by Crippen LogP contribution is -2.28. The van der Waals surface area contributed by atoms with Crippen molar-refractivity contribution in [2.75, 3.05) is 7.11 Å². The maximum Gasteiger partial charge on any atom is 0.151 e. The third-order valence-electron chi connectivity index (χ3n) is 2.17. The molecular formula is C10H20O2. The highest BCUT2D eigenvalue weighted by atomic mass is 16.5. The Morgan fingerprint density at radius 3 is 2.42 bits per heavy atom. The summed E-state index contributed by atoms with van der Waals surface area (Å²) < 4.78 is 5.10. The van der Waals surface area contributed by atoms with Crippen molar-refractivity contribution in [3.63, 3.8) is 0 Å². The van der Waals surface area contributed by atoms with Gasteiger partial charge in [-0.25, -0.2) is 0 Å². The van der Waals surface area contributed by atoms with E-state index in [-0.39, 0.29) is 0 Å². The summed E-state index contributed by atoms with van der Waals surface area (Å²) in [7, 11) is 1.59. The van der Waals surface area contributed by atoms with E-state index in [0.717, 1.165) is 25.5 Å². The zero-order valence-electron chi connectivity index (χ0n) is 8.59. The van der Waals surface area contributed by atoms with Gasteiger partial charge >= 0.3 is 0 Å². The predicted octanol–water partition coefficient (Wildman–Crippen LogP) is 2.42. The minimum Gasteiger partial charge on any atom is -0.371 e. The molecule has 0 aliphatic heterocycles. The second-order valence-electron chi connectivity index (χ2n) is 3.92. The van der Waals surface area contributed by atoms with Gasteiger partial charge in [0.15, 0.2) is 6.29 Å². The number of methoxy groups -OCH3 is 1. The van der Waals surface area contributed by atoms with E-state index in [2.05, 4.69) is 13.8 Å². The largest absolute Gasteiger partial charge is 0.371 e. The van der Waals surface area contributed by atoms with Gasteiger partial charge in [0.2, 0.25) is 0 Å². The molecule has 0 aliphatic rings. The fraction of sp³-hybridized carbons (Fsp3) is 0.900. The van der Waals surface area contributed by atoms with Crippen LogP contribution in [0.3, 0.4) is 0 Å². The second kappa shape index (κ2) is 5.31. The molecule has 2 heteroatoms. The van der Waals surface area contributed by atoms with Gasteiger partial charge in [-0.05, 0) is 25.7 Å². The zero-order valence-corrected chi connectivity index (χ0v) is 8.59. The monoisotopic (exact) mass is 172 g/mol. The van der Waals surface area contributed by atoms with Gasteiger partial charge in [0, 0.05) is 7.11 Å². The van der Waals surface area contributed by atoms with Crippen LogP contribution in [0.15, 0.2) is 0 Å². The fourth-order valence-corrected chi connectivity index (χ4v) is 1.07. The van der Waals surface area contributed by atoms with E-state index >= 15 is 0 Å². The van der Waals surface area contributed by atoms with Gasteiger partial charge in [0.05, 0.1) is 0 Å². The summed E-state index contributed by atoms with van der Waals surface area (Å²) >= 11 is 0. The first-order valence-electron chi connectivity index (χ1n) is 4.55. The van der Waals surface area contributed by atoms with Gasteiger partial charge in [0.1, 0.15) is 5.60 Å². The third kappa shape index (κ3) is 4.50. The molecule has 12 heavy (non-hydrogen) atoms. The Balaban J connectivity index is 3.66. The maximum atomic E-state index is 10.6. The molecule has 0 rings (SSSR count). The number of aldehydes is 1. The fourth-order valence-electron chi connectivity index (χ4n) is 1.07. The van der Waals surface area contributed by atoms with Crippen molar-refractivity contribution < 1.29 is 9.53 Å². The average Bonchev–Trinajstić information content (AvgIpc) is 2.03. The molecule has 0 fully saturated rings. The number of hydrogen-bond donors (Lipinski definition) is 0. The van der Waals surface area contributed by atoms with Gasteiger partial charge in [-0.1, -0.05) is 20.3 Å². The molecular weight excluding hydrogens is 152 g/mol. The normalized spacial score (nSPS) is 16.1. The second-order valence-corrected chi connectivity index (χ2v) is 3.92. The molecule has 0 amide bonds. The Bertz CT molecular complexity index is 132. The van der Waals surface area contributed by atoms with Gasteiger partial charge < -0.3 is 9.53 Å². The maximum absolute atomic E-state index is 10.6. The third-order valence-corrected chi connectivity index (χ3v) is 2.17.